The van der Waals surface area contributed by atoms with E-state index in [-0.39, 0.29) is 11.7 Å². The van der Waals surface area contributed by atoms with Gasteiger partial charge in [-0.1, -0.05) is 23.7 Å². The zero-order valence-corrected chi connectivity index (χ0v) is 14.5. The highest BCUT2D eigenvalue weighted by molar-refractivity contribution is 7.93. The van der Waals surface area contributed by atoms with E-state index in [2.05, 4.69) is 5.32 Å². The van der Waals surface area contributed by atoms with Crippen molar-refractivity contribution in [3.63, 3.8) is 0 Å². The maximum atomic E-state index is 12.2. The van der Waals surface area contributed by atoms with Gasteiger partial charge < -0.3 is 5.32 Å². The molecule has 7 heteroatoms. The van der Waals surface area contributed by atoms with E-state index < -0.39 is 10.0 Å². The Labute approximate surface area is 146 Å². The summed E-state index contributed by atoms with van der Waals surface area (Å²) in [4.78, 5) is 12.2. The van der Waals surface area contributed by atoms with Gasteiger partial charge in [-0.2, -0.15) is 0 Å². The average Bonchev–Trinajstić information content (AvgIpc) is 2.92. The first-order valence-electron chi connectivity index (χ1n) is 7.59. The Morgan fingerprint density at radius 1 is 1.17 bits per heavy atom. The lowest BCUT2D eigenvalue weighted by Crippen LogP contribution is -2.25. The van der Waals surface area contributed by atoms with Crippen LogP contribution in [0.1, 0.15) is 22.3 Å². The zero-order chi connectivity index (χ0) is 17.2. The summed E-state index contributed by atoms with van der Waals surface area (Å²) in [6, 6.07) is 13.9. The topological polar surface area (TPSA) is 66.5 Å². The van der Waals surface area contributed by atoms with Crippen LogP contribution in [0, 0.1) is 0 Å². The van der Waals surface area contributed by atoms with Crippen LogP contribution in [-0.2, 0) is 16.6 Å². The van der Waals surface area contributed by atoms with Gasteiger partial charge in [-0.05, 0) is 48.4 Å². The number of halogens is 1. The summed E-state index contributed by atoms with van der Waals surface area (Å²) in [5, 5.41) is 3.44. The molecule has 5 nitrogen and oxygen atoms in total. The lowest BCUT2D eigenvalue weighted by atomic mass is 10.1. The lowest BCUT2D eigenvalue weighted by Gasteiger charge is -2.17. The molecule has 0 spiro atoms. The second-order valence-corrected chi connectivity index (χ2v) is 8.05. The summed E-state index contributed by atoms with van der Waals surface area (Å²) in [6.45, 7) is 0.865. The fraction of sp³-hybridized carbons (Fsp3) is 0.235. The largest absolute Gasteiger partial charge is 0.348 e. The Morgan fingerprint density at radius 2 is 1.92 bits per heavy atom. The zero-order valence-electron chi connectivity index (χ0n) is 12.9. The van der Waals surface area contributed by atoms with Gasteiger partial charge in [0.05, 0.1) is 11.4 Å². The van der Waals surface area contributed by atoms with Crippen LogP contribution in [0.25, 0.3) is 0 Å². The standard InChI is InChI=1S/C17H17ClN2O3S/c18-15-4-1-3-13(11-15)12-19-17(21)14-5-7-16(8-6-14)20-9-2-10-24(20,22)23/h1,3-8,11H,2,9-10,12H2,(H,19,21). The number of sulfonamides is 1. The van der Waals surface area contributed by atoms with Crippen molar-refractivity contribution in [3.05, 3.63) is 64.7 Å². The Morgan fingerprint density at radius 3 is 2.54 bits per heavy atom. The molecule has 1 aliphatic rings. The van der Waals surface area contributed by atoms with Crippen molar-refractivity contribution in [3.8, 4) is 0 Å². The molecular weight excluding hydrogens is 348 g/mol. The van der Waals surface area contributed by atoms with E-state index in [1.54, 1.807) is 36.4 Å². The van der Waals surface area contributed by atoms with Crippen LogP contribution in [-0.4, -0.2) is 26.6 Å². The number of carbonyl (C=O) groups is 1. The fourth-order valence-corrected chi connectivity index (χ4v) is 4.42. The summed E-state index contributed by atoms with van der Waals surface area (Å²) in [5.41, 5.74) is 1.99. The number of hydrogen-bond acceptors (Lipinski definition) is 3. The van der Waals surface area contributed by atoms with Gasteiger partial charge in [0.15, 0.2) is 0 Å². The normalized spacial score (nSPS) is 16.1. The van der Waals surface area contributed by atoms with E-state index in [0.29, 0.717) is 35.8 Å². The number of carbonyl (C=O) groups excluding carboxylic acids is 1. The van der Waals surface area contributed by atoms with Crippen LogP contribution in [0.5, 0.6) is 0 Å². The summed E-state index contributed by atoms with van der Waals surface area (Å²) >= 11 is 5.91. The quantitative estimate of drug-likeness (QED) is 0.907. The molecule has 2 aromatic carbocycles. The minimum absolute atomic E-state index is 0.175. The average molecular weight is 365 g/mol. The van der Waals surface area contributed by atoms with Gasteiger partial charge in [-0.15, -0.1) is 0 Å². The van der Waals surface area contributed by atoms with Crippen molar-refractivity contribution < 1.29 is 13.2 Å². The number of anilines is 1. The van der Waals surface area contributed by atoms with E-state index in [0.717, 1.165) is 5.56 Å². The molecule has 0 radical (unpaired) electrons. The lowest BCUT2D eigenvalue weighted by molar-refractivity contribution is 0.0951. The third kappa shape index (κ3) is 3.71. The third-order valence-electron chi connectivity index (χ3n) is 3.86. The molecule has 24 heavy (non-hydrogen) atoms. The predicted molar refractivity (Wildman–Crippen MR) is 94.8 cm³/mol. The van der Waals surface area contributed by atoms with Gasteiger partial charge in [-0.25, -0.2) is 8.42 Å². The van der Waals surface area contributed by atoms with E-state index in [1.807, 2.05) is 12.1 Å². The van der Waals surface area contributed by atoms with E-state index in [4.69, 9.17) is 11.6 Å². The SMILES string of the molecule is O=C(NCc1cccc(Cl)c1)c1ccc(N2CCCS2(=O)=O)cc1. The molecule has 126 valence electrons. The molecule has 0 aliphatic carbocycles. The molecule has 1 amide bonds. The summed E-state index contributed by atoms with van der Waals surface area (Å²) in [6.07, 6.45) is 0.629. The Bertz CT molecular complexity index is 850. The van der Waals surface area contributed by atoms with Crippen LogP contribution in [0.15, 0.2) is 48.5 Å². The Hall–Kier alpha value is -2.05. The van der Waals surface area contributed by atoms with Crippen molar-refractivity contribution in [1.29, 1.82) is 0 Å². The molecule has 0 saturated carbocycles. The first kappa shape index (κ1) is 16.8. The molecule has 0 unspecified atom stereocenters. The fourth-order valence-electron chi connectivity index (χ4n) is 2.64. The maximum absolute atomic E-state index is 12.2. The highest BCUT2D eigenvalue weighted by atomic mass is 35.5. The monoisotopic (exact) mass is 364 g/mol. The highest BCUT2D eigenvalue weighted by Gasteiger charge is 2.28. The summed E-state index contributed by atoms with van der Waals surface area (Å²) < 4.78 is 25.2. The van der Waals surface area contributed by atoms with E-state index in [9.17, 15) is 13.2 Å². The molecule has 1 fully saturated rings. The minimum atomic E-state index is -3.20. The number of benzene rings is 2. The number of nitrogens with zero attached hydrogens (tertiary/aromatic N) is 1. The second-order valence-electron chi connectivity index (χ2n) is 5.60. The van der Waals surface area contributed by atoms with Gasteiger partial charge >= 0.3 is 0 Å². The number of amides is 1. The molecule has 1 N–H and O–H groups in total. The molecule has 1 heterocycles. The summed E-state index contributed by atoms with van der Waals surface area (Å²) in [5.74, 6) is -0.0414. The Balaban J connectivity index is 1.66. The molecular formula is C17H17ClN2O3S. The second kappa shape index (κ2) is 6.83. The van der Waals surface area contributed by atoms with Crippen LogP contribution in [0.2, 0.25) is 5.02 Å². The first-order valence-corrected chi connectivity index (χ1v) is 9.57. The molecule has 1 aliphatic heterocycles. The molecule has 0 atom stereocenters. The first-order chi connectivity index (χ1) is 11.5. The van der Waals surface area contributed by atoms with Gasteiger partial charge in [0.2, 0.25) is 10.0 Å². The number of nitrogens with one attached hydrogen (secondary N) is 1. The van der Waals surface area contributed by atoms with Crippen molar-refractivity contribution in [2.24, 2.45) is 0 Å². The van der Waals surface area contributed by atoms with Gasteiger partial charge in [-0.3, -0.25) is 9.10 Å². The highest BCUT2D eigenvalue weighted by Crippen LogP contribution is 2.24. The van der Waals surface area contributed by atoms with Crippen molar-refractivity contribution in [2.45, 2.75) is 13.0 Å². The predicted octanol–water partition coefficient (Wildman–Crippen LogP) is 2.81. The molecule has 0 aromatic heterocycles. The van der Waals surface area contributed by atoms with Crippen molar-refractivity contribution in [1.82, 2.24) is 5.32 Å². The summed E-state index contributed by atoms with van der Waals surface area (Å²) in [7, 11) is -3.20. The molecule has 2 aromatic rings. The van der Waals surface area contributed by atoms with Gasteiger partial charge in [0, 0.05) is 23.7 Å². The number of rotatable bonds is 4. The van der Waals surface area contributed by atoms with Crippen molar-refractivity contribution in [2.75, 3.05) is 16.6 Å². The van der Waals surface area contributed by atoms with Gasteiger partial charge in [0.1, 0.15) is 0 Å². The van der Waals surface area contributed by atoms with Crippen LogP contribution < -0.4 is 9.62 Å². The van der Waals surface area contributed by atoms with Crippen LogP contribution >= 0.6 is 11.6 Å². The Kier molecular flexibility index (Phi) is 4.78. The molecule has 1 saturated heterocycles. The van der Waals surface area contributed by atoms with Crippen molar-refractivity contribution >= 4 is 33.2 Å². The van der Waals surface area contributed by atoms with Crippen LogP contribution in [0.3, 0.4) is 0 Å². The minimum Gasteiger partial charge on any atom is -0.348 e. The number of hydrogen-bond donors (Lipinski definition) is 1. The smallest absolute Gasteiger partial charge is 0.251 e. The van der Waals surface area contributed by atoms with Gasteiger partial charge in [0.25, 0.3) is 5.91 Å². The van der Waals surface area contributed by atoms with E-state index >= 15 is 0 Å². The third-order valence-corrected chi connectivity index (χ3v) is 5.96. The molecule has 3 rings (SSSR count). The van der Waals surface area contributed by atoms with Crippen LogP contribution in [0.4, 0.5) is 5.69 Å². The molecule has 0 bridgehead atoms. The van der Waals surface area contributed by atoms with E-state index in [1.165, 1.54) is 4.31 Å². The maximum Gasteiger partial charge on any atom is 0.251 e.